The highest BCUT2D eigenvalue weighted by Crippen LogP contribution is 2.44. The maximum atomic E-state index is 12.3. The highest BCUT2D eigenvalue weighted by atomic mass is 32.2. The number of fused-ring (bicyclic) bond motifs is 2. The molecule has 0 bridgehead atoms. The molecule has 0 fully saturated rings. The van der Waals surface area contributed by atoms with Crippen LogP contribution in [0.15, 0.2) is 83.1 Å². The number of benzene rings is 3. The number of hydrogen-bond donors (Lipinski definition) is 1. The van der Waals surface area contributed by atoms with Gasteiger partial charge in [0.05, 0.1) is 11.4 Å². The Balaban J connectivity index is 1.57. The van der Waals surface area contributed by atoms with Gasteiger partial charge >= 0.3 is 6.36 Å². The van der Waals surface area contributed by atoms with E-state index in [1.165, 1.54) is 12.1 Å². The number of ether oxygens (including phenoxy) is 1. The van der Waals surface area contributed by atoms with Crippen molar-refractivity contribution in [1.29, 1.82) is 0 Å². The summed E-state index contributed by atoms with van der Waals surface area (Å²) in [6, 6.07) is 19.8. The summed E-state index contributed by atoms with van der Waals surface area (Å²) in [5, 5.41) is 3.42. The molecule has 136 valence electrons. The Morgan fingerprint density at radius 2 is 1.52 bits per heavy atom. The van der Waals surface area contributed by atoms with Crippen molar-refractivity contribution in [2.24, 2.45) is 0 Å². The van der Waals surface area contributed by atoms with E-state index >= 15 is 0 Å². The molecule has 1 heterocycles. The van der Waals surface area contributed by atoms with Crippen molar-refractivity contribution in [3.05, 3.63) is 84.4 Å². The molecule has 1 N–H and O–H groups in total. The summed E-state index contributed by atoms with van der Waals surface area (Å²) >= 11 is 1.69. The van der Waals surface area contributed by atoms with Crippen LogP contribution in [0.3, 0.4) is 0 Å². The molecule has 0 aromatic heterocycles. The normalized spacial score (nSPS) is 12.6. The molecule has 6 heteroatoms. The molecular formula is C21H14F3NOS. The Morgan fingerprint density at radius 3 is 2.26 bits per heavy atom. The molecule has 1 aliphatic heterocycles. The molecule has 0 amide bonds. The molecule has 3 aromatic rings. The molecule has 0 saturated carbocycles. The van der Waals surface area contributed by atoms with Gasteiger partial charge in [-0.1, -0.05) is 48.7 Å². The fourth-order valence-corrected chi connectivity index (χ4v) is 3.82. The predicted octanol–water partition coefficient (Wildman–Crippen LogP) is 6.85. The Morgan fingerprint density at radius 1 is 0.852 bits per heavy atom. The zero-order chi connectivity index (χ0) is 19.0. The van der Waals surface area contributed by atoms with Crippen LogP contribution >= 0.6 is 11.8 Å². The lowest BCUT2D eigenvalue weighted by atomic mass is 9.99. The van der Waals surface area contributed by atoms with Crippen molar-refractivity contribution < 1.29 is 17.9 Å². The zero-order valence-electron chi connectivity index (χ0n) is 14.0. The van der Waals surface area contributed by atoms with Gasteiger partial charge in [-0.3, -0.25) is 0 Å². The molecule has 3 aromatic carbocycles. The Kier molecular flexibility index (Phi) is 4.36. The highest BCUT2D eigenvalue weighted by molar-refractivity contribution is 7.99. The third kappa shape index (κ3) is 3.80. The van der Waals surface area contributed by atoms with Crippen LogP contribution in [0, 0.1) is 0 Å². The lowest BCUT2D eigenvalue weighted by molar-refractivity contribution is -0.274. The van der Waals surface area contributed by atoms with Crippen molar-refractivity contribution in [2.75, 3.05) is 5.32 Å². The summed E-state index contributed by atoms with van der Waals surface area (Å²) in [5.41, 5.74) is 4.38. The quantitative estimate of drug-likeness (QED) is 0.416. The molecule has 0 spiro atoms. The van der Waals surface area contributed by atoms with Gasteiger partial charge in [0.1, 0.15) is 5.75 Å². The van der Waals surface area contributed by atoms with Crippen LogP contribution in [0.1, 0.15) is 11.1 Å². The average Bonchev–Trinajstić information content (AvgIpc) is 2.64. The van der Waals surface area contributed by atoms with Crippen LogP contribution in [0.25, 0.3) is 5.57 Å². The topological polar surface area (TPSA) is 21.3 Å². The molecule has 0 aliphatic carbocycles. The Hall–Kier alpha value is -2.86. The molecule has 0 atom stereocenters. The fourth-order valence-electron chi connectivity index (χ4n) is 2.85. The molecule has 0 unspecified atom stereocenters. The smallest absolute Gasteiger partial charge is 0.406 e. The lowest BCUT2D eigenvalue weighted by Gasteiger charge is -2.21. The summed E-state index contributed by atoms with van der Waals surface area (Å²) in [6.07, 6.45) is -4.70. The van der Waals surface area contributed by atoms with E-state index in [0.29, 0.717) is 0 Å². The molecule has 0 radical (unpaired) electrons. The van der Waals surface area contributed by atoms with Crippen LogP contribution < -0.4 is 10.1 Å². The fraction of sp³-hybridized carbons (Fsp3) is 0.0476. The van der Waals surface area contributed by atoms with Crippen molar-refractivity contribution in [3.8, 4) is 5.75 Å². The molecule has 2 nitrogen and oxygen atoms in total. The van der Waals surface area contributed by atoms with E-state index < -0.39 is 6.36 Å². The second kappa shape index (κ2) is 6.70. The standard InChI is InChI=1S/C21H14F3NOS/c1-13(14-6-9-16(10-7-14)26-21(22,23)24)15-8-11-20-18(12-15)25-17-4-2-3-5-19(17)27-20/h2-12,25H,1H2. The van der Waals surface area contributed by atoms with Gasteiger partial charge in [0.15, 0.2) is 0 Å². The van der Waals surface area contributed by atoms with E-state index in [2.05, 4.69) is 22.7 Å². The van der Waals surface area contributed by atoms with Gasteiger partial charge < -0.3 is 10.1 Å². The van der Waals surface area contributed by atoms with Gasteiger partial charge in [-0.25, -0.2) is 0 Å². The zero-order valence-corrected chi connectivity index (χ0v) is 14.8. The maximum absolute atomic E-state index is 12.3. The Labute approximate surface area is 158 Å². The van der Waals surface area contributed by atoms with Crippen molar-refractivity contribution in [1.82, 2.24) is 0 Å². The van der Waals surface area contributed by atoms with Gasteiger partial charge in [0, 0.05) is 9.79 Å². The van der Waals surface area contributed by atoms with Crippen LogP contribution in [0.5, 0.6) is 5.75 Å². The van der Waals surface area contributed by atoms with Crippen molar-refractivity contribution in [3.63, 3.8) is 0 Å². The summed E-state index contributed by atoms with van der Waals surface area (Å²) in [6.45, 7) is 4.10. The highest BCUT2D eigenvalue weighted by Gasteiger charge is 2.31. The van der Waals surface area contributed by atoms with Crippen LogP contribution in [-0.2, 0) is 0 Å². The summed E-state index contributed by atoms with van der Waals surface area (Å²) in [7, 11) is 0. The summed E-state index contributed by atoms with van der Waals surface area (Å²) < 4.78 is 40.8. The van der Waals surface area contributed by atoms with E-state index in [-0.39, 0.29) is 5.75 Å². The first-order chi connectivity index (χ1) is 12.9. The van der Waals surface area contributed by atoms with Crippen LogP contribution in [0.4, 0.5) is 24.5 Å². The average molecular weight is 385 g/mol. The minimum Gasteiger partial charge on any atom is -0.406 e. The largest absolute Gasteiger partial charge is 0.573 e. The lowest BCUT2D eigenvalue weighted by Crippen LogP contribution is -2.17. The number of anilines is 2. The van der Waals surface area contributed by atoms with Gasteiger partial charge in [-0.05, 0) is 53.1 Å². The second-order valence-corrected chi connectivity index (χ2v) is 7.07. The maximum Gasteiger partial charge on any atom is 0.573 e. The van der Waals surface area contributed by atoms with Crippen molar-refractivity contribution in [2.45, 2.75) is 16.2 Å². The minimum absolute atomic E-state index is 0.251. The summed E-state index contributed by atoms with van der Waals surface area (Å²) in [5.74, 6) is -0.251. The number of rotatable bonds is 3. The van der Waals surface area contributed by atoms with Gasteiger partial charge in [0.25, 0.3) is 0 Å². The number of nitrogens with one attached hydrogen (secondary N) is 1. The molecule has 0 saturated heterocycles. The third-order valence-electron chi connectivity index (χ3n) is 4.14. The molecular weight excluding hydrogens is 371 g/mol. The first-order valence-electron chi connectivity index (χ1n) is 8.12. The number of halogens is 3. The second-order valence-electron chi connectivity index (χ2n) is 5.98. The first-order valence-corrected chi connectivity index (χ1v) is 8.94. The number of hydrogen-bond acceptors (Lipinski definition) is 3. The van der Waals surface area contributed by atoms with Crippen molar-refractivity contribution >= 4 is 28.7 Å². The molecule has 1 aliphatic rings. The van der Waals surface area contributed by atoms with Crippen LogP contribution in [-0.4, -0.2) is 6.36 Å². The summed E-state index contributed by atoms with van der Waals surface area (Å²) in [4.78, 5) is 2.27. The molecule has 27 heavy (non-hydrogen) atoms. The van der Waals surface area contributed by atoms with E-state index in [4.69, 9.17) is 0 Å². The van der Waals surface area contributed by atoms with Gasteiger partial charge in [0.2, 0.25) is 0 Å². The minimum atomic E-state index is -4.70. The molecule has 4 rings (SSSR count). The SMILES string of the molecule is C=C(c1ccc(OC(F)(F)F)cc1)c1ccc2c(c1)Nc1ccccc1S2. The monoisotopic (exact) mass is 385 g/mol. The van der Waals surface area contributed by atoms with Gasteiger partial charge in [-0.15, -0.1) is 13.2 Å². The number of alkyl halides is 3. The van der Waals surface area contributed by atoms with E-state index in [1.807, 2.05) is 36.4 Å². The number of para-hydroxylation sites is 1. The first kappa shape index (κ1) is 17.5. The van der Waals surface area contributed by atoms with E-state index in [9.17, 15) is 13.2 Å². The third-order valence-corrected chi connectivity index (χ3v) is 5.29. The predicted molar refractivity (Wildman–Crippen MR) is 102 cm³/mol. The van der Waals surface area contributed by atoms with Crippen LogP contribution in [0.2, 0.25) is 0 Å². The van der Waals surface area contributed by atoms with E-state index in [1.54, 1.807) is 23.9 Å². The van der Waals surface area contributed by atoms with Gasteiger partial charge in [-0.2, -0.15) is 0 Å². The van der Waals surface area contributed by atoms with E-state index in [0.717, 1.165) is 37.9 Å². The Bertz CT molecular complexity index is 1010.